The van der Waals surface area contributed by atoms with E-state index in [1.807, 2.05) is 0 Å². The van der Waals surface area contributed by atoms with Gasteiger partial charge in [0.25, 0.3) is 0 Å². The minimum atomic E-state index is -0.470. The summed E-state index contributed by atoms with van der Waals surface area (Å²) in [5, 5.41) is 3.40. The Morgan fingerprint density at radius 3 is 1.86 bits per heavy atom. The SMILES string of the molecule is CCCC(CNC(C)(C)C)(OC)OC. The van der Waals surface area contributed by atoms with E-state index in [1.54, 1.807) is 14.2 Å². The summed E-state index contributed by atoms with van der Waals surface area (Å²) >= 11 is 0. The molecule has 0 aromatic rings. The van der Waals surface area contributed by atoms with Gasteiger partial charge in [0.2, 0.25) is 0 Å². The highest BCUT2D eigenvalue weighted by Gasteiger charge is 2.29. The van der Waals surface area contributed by atoms with Crippen molar-refractivity contribution in [3.05, 3.63) is 0 Å². The third-order valence-corrected chi connectivity index (χ3v) is 2.26. The van der Waals surface area contributed by atoms with Crippen LogP contribution < -0.4 is 5.32 Å². The Balaban J connectivity index is 4.21. The minimum absolute atomic E-state index is 0.0933. The lowest BCUT2D eigenvalue weighted by atomic mass is 10.1. The van der Waals surface area contributed by atoms with Gasteiger partial charge in [0.15, 0.2) is 5.79 Å². The molecule has 0 spiro atoms. The predicted octanol–water partition coefficient (Wildman–Crippen LogP) is 2.16. The molecule has 3 heteroatoms. The van der Waals surface area contributed by atoms with Crippen molar-refractivity contribution in [2.75, 3.05) is 20.8 Å². The van der Waals surface area contributed by atoms with E-state index >= 15 is 0 Å². The van der Waals surface area contributed by atoms with E-state index in [9.17, 15) is 0 Å². The highest BCUT2D eigenvalue weighted by molar-refractivity contribution is 4.78. The molecule has 86 valence electrons. The van der Waals surface area contributed by atoms with Crippen molar-refractivity contribution >= 4 is 0 Å². The van der Waals surface area contributed by atoms with Gasteiger partial charge in [0.05, 0.1) is 6.54 Å². The second-order valence-corrected chi connectivity index (χ2v) is 4.67. The molecule has 0 radical (unpaired) electrons. The first-order chi connectivity index (χ1) is 6.39. The average molecular weight is 203 g/mol. The van der Waals surface area contributed by atoms with Crippen LogP contribution in [0.1, 0.15) is 40.5 Å². The van der Waals surface area contributed by atoms with Crippen LogP contribution in [0.4, 0.5) is 0 Å². The zero-order chi connectivity index (χ0) is 11.2. The Kier molecular flexibility index (Phi) is 5.64. The second kappa shape index (κ2) is 5.69. The smallest absolute Gasteiger partial charge is 0.180 e. The molecular formula is C11H25NO2. The van der Waals surface area contributed by atoms with E-state index < -0.39 is 5.79 Å². The van der Waals surface area contributed by atoms with Crippen molar-refractivity contribution in [1.82, 2.24) is 5.32 Å². The molecule has 0 aliphatic carbocycles. The summed E-state index contributed by atoms with van der Waals surface area (Å²) in [6.07, 6.45) is 1.95. The Hall–Kier alpha value is -0.120. The number of hydrogen-bond acceptors (Lipinski definition) is 3. The van der Waals surface area contributed by atoms with Crippen molar-refractivity contribution < 1.29 is 9.47 Å². The fraction of sp³-hybridized carbons (Fsp3) is 1.00. The van der Waals surface area contributed by atoms with Crippen molar-refractivity contribution in [2.45, 2.75) is 51.9 Å². The molecule has 0 aliphatic rings. The summed E-state index contributed by atoms with van der Waals surface area (Å²) in [6.45, 7) is 9.25. The number of ether oxygens (including phenoxy) is 2. The average Bonchev–Trinajstić information content (AvgIpc) is 2.11. The largest absolute Gasteiger partial charge is 0.352 e. The van der Waals surface area contributed by atoms with E-state index in [4.69, 9.17) is 9.47 Å². The molecular weight excluding hydrogens is 178 g/mol. The Bertz CT molecular complexity index is 148. The standard InChI is InChI=1S/C11H25NO2/c1-7-8-11(13-5,14-6)9-12-10(2,3)4/h12H,7-9H2,1-6H3. The lowest BCUT2D eigenvalue weighted by molar-refractivity contribution is -0.208. The van der Waals surface area contributed by atoms with Gasteiger partial charge < -0.3 is 14.8 Å². The van der Waals surface area contributed by atoms with Crippen molar-refractivity contribution in [1.29, 1.82) is 0 Å². The third-order valence-electron chi connectivity index (χ3n) is 2.26. The maximum Gasteiger partial charge on any atom is 0.180 e. The zero-order valence-corrected chi connectivity index (χ0v) is 10.4. The van der Waals surface area contributed by atoms with Crippen molar-refractivity contribution in [2.24, 2.45) is 0 Å². The Morgan fingerprint density at radius 2 is 1.57 bits per heavy atom. The molecule has 0 aromatic heterocycles. The topological polar surface area (TPSA) is 30.5 Å². The van der Waals surface area contributed by atoms with E-state index in [0.29, 0.717) is 0 Å². The van der Waals surface area contributed by atoms with Crippen molar-refractivity contribution in [3.8, 4) is 0 Å². The van der Waals surface area contributed by atoms with Gasteiger partial charge in [0, 0.05) is 26.2 Å². The van der Waals surface area contributed by atoms with Gasteiger partial charge in [-0.25, -0.2) is 0 Å². The van der Waals surface area contributed by atoms with Crippen LogP contribution in [0.15, 0.2) is 0 Å². The van der Waals surface area contributed by atoms with E-state index in [1.165, 1.54) is 0 Å². The van der Waals surface area contributed by atoms with E-state index in [-0.39, 0.29) is 5.54 Å². The molecule has 14 heavy (non-hydrogen) atoms. The molecule has 0 saturated heterocycles. The number of hydrogen-bond donors (Lipinski definition) is 1. The van der Waals surface area contributed by atoms with Crippen LogP contribution in [0, 0.1) is 0 Å². The molecule has 0 bridgehead atoms. The van der Waals surface area contributed by atoms with E-state index in [0.717, 1.165) is 19.4 Å². The van der Waals surface area contributed by atoms with Gasteiger partial charge in [0.1, 0.15) is 0 Å². The molecule has 0 saturated carbocycles. The summed E-state index contributed by atoms with van der Waals surface area (Å²) in [5.74, 6) is -0.470. The maximum absolute atomic E-state index is 5.44. The monoisotopic (exact) mass is 203 g/mol. The molecule has 3 nitrogen and oxygen atoms in total. The summed E-state index contributed by atoms with van der Waals surface area (Å²) in [7, 11) is 3.40. The van der Waals surface area contributed by atoms with Crippen molar-refractivity contribution in [3.63, 3.8) is 0 Å². The van der Waals surface area contributed by atoms with Crippen LogP contribution in [0.25, 0.3) is 0 Å². The van der Waals surface area contributed by atoms with Crippen LogP contribution in [-0.2, 0) is 9.47 Å². The predicted molar refractivity (Wildman–Crippen MR) is 59.4 cm³/mol. The highest BCUT2D eigenvalue weighted by atomic mass is 16.7. The van der Waals surface area contributed by atoms with Gasteiger partial charge >= 0.3 is 0 Å². The fourth-order valence-electron chi connectivity index (χ4n) is 1.30. The van der Waals surface area contributed by atoms with Crippen LogP contribution in [0.3, 0.4) is 0 Å². The number of rotatable bonds is 6. The number of nitrogens with one attached hydrogen (secondary N) is 1. The fourth-order valence-corrected chi connectivity index (χ4v) is 1.30. The first-order valence-electron chi connectivity index (χ1n) is 5.24. The molecule has 0 aromatic carbocycles. The quantitative estimate of drug-likeness (QED) is 0.671. The lowest BCUT2D eigenvalue weighted by Gasteiger charge is -2.34. The third kappa shape index (κ3) is 4.94. The molecule has 0 amide bonds. The van der Waals surface area contributed by atoms with Gasteiger partial charge in [-0.2, -0.15) is 0 Å². The van der Waals surface area contributed by atoms with Crippen LogP contribution >= 0.6 is 0 Å². The van der Waals surface area contributed by atoms with Crippen LogP contribution in [0.5, 0.6) is 0 Å². The van der Waals surface area contributed by atoms with Crippen LogP contribution in [-0.4, -0.2) is 32.1 Å². The van der Waals surface area contributed by atoms with E-state index in [2.05, 4.69) is 33.0 Å². The normalized spacial score (nSPS) is 13.3. The van der Waals surface area contributed by atoms with Gasteiger partial charge in [-0.05, 0) is 20.8 Å². The minimum Gasteiger partial charge on any atom is -0.352 e. The maximum atomic E-state index is 5.44. The molecule has 0 aliphatic heterocycles. The lowest BCUT2D eigenvalue weighted by Crippen LogP contribution is -2.49. The second-order valence-electron chi connectivity index (χ2n) is 4.67. The first-order valence-corrected chi connectivity index (χ1v) is 5.24. The molecule has 1 N–H and O–H groups in total. The number of methoxy groups -OCH3 is 2. The molecule has 0 rings (SSSR count). The first kappa shape index (κ1) is 13.9. The zero-order valence-electron chi connectivity index (χ0n) is 10.4. The van der Waals surface area contributed by atoms with Gasteiger partial charge in [-0.1, -0.05) is 13.3 Å². The Morgan fingerprint density at radius 1 is 1.07 bits per heavy atom. The molecule has 0 fully saturated rings. The summed E-state index contributed by atoms with van der Waals surface area (Å²) in [6, 6.07) is 0. The molecule has 0 unspecified atom stereocenters. The van der Waals surface area contributed by atoms with Gasteiger partial charge in [-0.15, -0.1) is 0 Å². The van der Waals surface area contributed by atoms with Crippen LogP contribution in [0.2, 0.25) is 0 Å². The summed E-state index contributed by atoms with van der Waals surface area (Å²) in [5.41, 5.74) is 0.0933. The summed E-state index contributed by atoms with van der Waals surface area (Å²) in [4.78, 5) is 0. The highest BCUT2D eigenvalue weighted by Crippen LogP contribution is 2.18. The molecule has 0 atom stereocenters. The van der Waals surface area contributed by atoms with Gasteiger partial charge in [-0.3, -0.25) is 0 Å². The molecule has 0 heterocycles. The summed E-state index contributed by atoms with van der Waals surface area (Å²) < 4.78 is 10.9. The Labute approximate surface area is 88.2 Å².